The summed E-state index contributed by atoms with van der Waals surface area (Å²) in [6.07, 6.45) is 5.44. The van der Waals surface area contributed by atoms with Crippen LogP contribution < -0.4 is 10.2 Å². The molecule has 0 bridgehead atoms. The molecule has 0 aliphatic carbocycles. The SMILES string of the molecule is CN(C)c1nc2sc(C(=O)N[C@H]3CCCO[C@@H]3c3cnn(C)c3)cc2s1. The van der Waals surface area contributed by atoms with E-state index in [1.54, 1.807) is 16.0 Å². The Morgan fingerprint density at radius 2 is 2.27 bits per heavy atom. The van der Waals surface area contributed by atoms with Gasteiger partial charge in [-0.15, -0.1) is 11.3 Å². The van der Waals surface area contributed by atoms with Gasteiger partial charge in [0.05, 0.1) is 21.8 Å². The third-order valence-electron chi connectivity index (χ3n) is 4.38. The summed E-state index contributed by atoms with van der Waals surface area (Å²) >= 11 is 3.04. The van der Waals surface area contributed by atoms with Gasteiger partial charge in [0.15, 0.2) is 5.13 Å². The molecule has 0 unspecified atom stereocenters. The number of ether oxygens (including phenoxy) is 1. The van der Waals surface area contributed by atoms with Crippen molar-refractivity contribution in [1.82, 2.24) is 20.1 Å². The van der Waals surface area contributed by atoms with Gasteiger partial charge in [-0.1, -0.05) is 11.3 Å². The number of rotatable bonds is 4. The molecule has 0 aromatic carbocycles. The highest BCUT2D eigenvalue weighted by Gasteiger charge is 2.30. The first-order valence-corrected chi connectivity index (χ1v) is 10.1. The molecule has 1 fully saturated rings. The van der Waals surface area contributed by atoms with Crippen LogP contribution in [-0.2, 0) is 11.8 Å². The molecule has 4 rings (SSSR count). The number of nitrogens with one attached hydrogen (secondary N) is 1. The number of hydrogen-bond donors (Lipinski definition) is 1. The highest BCUT2D eigenvalue weighted by Crippen LogP contribution is 2.34. The number of aromatic nitrogens is 3. The standard InChI is InChI=1S/C17H21N5O2S2/c1-21(2)17-20-16-13(26-17)7-12(25-16)15(23)19-11-5-4-6-24-14(11)10-8-18-22(3)9-10/h7-9,11,14H,4-6H2,1-3H3,(H,19,23)/t11-,14+/m0/s1. The maximum absolute atomic E-state index is 12.8. The lowest BCUT2D eigenvalue weighted by atomic mass is 9.98. The van der Waals surface area contributed by atoms with Crippen molar-refractivity contribution in [3.8, 4) is 0 Å². The number of carbonyl (C=O) groups is 1. The largest absolute Gasteiger partial charge is 0.371 e. The molecule has 26 heavy (non-hydrogen) atoms. The fourth-order valence-corrected chi connectivity index (χ4v) is 5.15. The zero-order chi connectivity index (χ0) is 18.3. The zero-order valence-electron chi connectivity index (χ0n) is 14.9. The molecule has 0 saturated carbocycles. The van der Waals surface area contributed by atoms with E-state index in [-0.39, 0.29) is 18.1 Å². The van der Waals surface area contributed by atoms with Gasteiger partial charge in [-0.2, -0.15) is 5.10 Å². The van der Waals surface area contributed by atoms with E-state index in [4.69, 9.17) is 4.74 Å². The van der Waals surface area contributed by atoms with Crippen molar-refractivity contribution in [3.63, 3.8) is 0 Å². The minimum atomic E-state index is -0.152. The smallest absolute Gasteiger partial charge is 0.261 e. The van der Waals surface area contributed by atoms with E-state index in [1.807, 2.05) is 44.5 Å². The van der Waals surface area contributed by atoms with Gasteiger partial charge < -0.3 is 15.0 Å². The Hall–Kier alpha value is -1.97. The molecular weight excluding hydrogens is 370 g/mol. The Kier molecular flexibility index (Phi) is 4.68. The Bertz CT molecular complexity index is 897. The molecule has 1 amide bonds. The number of fused-ring (bicyclic) bond motifs is 1. The summed E-state index contributed by atoms with van der Waals surface area (Å²) in [7, 11) is 5.82. The van der Waals surface area contributed by atoms with Crippen molar-refractivity contribution >= 4 is 43.2 Å². The van der Waals surface area contributed by atoms with Gasteiger partial charge >= 0.3 is 0 Å². The fourth-order valence-electron chi connectivity index (χ4n) is 3.11. The van der Waals surface area contributed by atoms with Crippen LogP contribution >= 0.6 is 22.7 Å². The molecule has 3 aromatic rings. The van der Waals surface area contributed by atoms with Gasteiger partial charge in [-0.3, -0.25) is 9.48 Å². The minimum Gasteiger partial charge on any atom is -0.371 e. The van der Waals surface area contributed by atoms with Gasteiger partial charge in [-0.25, -0.2) is 4.98 Å². The molecule has 3 aromatic heterocycles. The molecule has 9 heteroatoms. The highest BCUT2D eigenvalue weighted by atomic mass is 32.1. The van der Waals surface area contributed by atoms with E-state index < -0.39 is 0 Å². The molecule has 1 saturated heterocycles. The molecule has 0 spiro atoms. The quantitative estimate of drug-likeness (QED) is 0.740. The summed E-state index contributed by atoms with van der Waals surface area (Å²) < 4.78 is 8.74. The fraction of sp³-hybridized carbons (Fsp3) is 0.471. The zero-order valence-corrected chi connectivity index (χ0v) is 16.6. The number of carbonyl (C=O) groups excluding carboxylic acids is 1. The molecule has 138 valence electrons. The van der Waals surface area contributed by atoms with Gasteiger partial charge in [0.1, 0.15) is 10.9 Å². The summed E-state index contributed by atoms with van der Waals surface area (Å²) in [5.74, 6) is -0.0593. The lowest BCUT2D eigenvalue weighted by Crippen LogP contribution is -2.42. The summed E-state index contributed by atoms with van der Waals surface area (Å²) in [5, 5.41) is 8.33. The third-order valence-corrected chi connectivity index (χ3v) is 6.70. The van der Waals surface area contributed by atoms with Crippen LogP contribution in [0.25, 0.3) is 9.53 Å². The maximum atomic E-state index is 12.8. The van der Waals surface area contributed by atoms with Gasteiger partial charge in [0.25, 0.3) is 5.91 Å². The normalized spacial score (nSPS) is 20.4. The van der Waals surface area contributed by atoms with E-state index in [1.165, 1.54) is 11.3 Å². The van der Waals surface area contributed by atoms with Crippen LogP contribution in [0, 0.1) is 0 Å². The predicted octanol–water partition coefficient (Wildman–Crippen LogP) is 2.81. The van der Waals surface area contributed by atoms with Crippen LogP contribution in [0.1, 0.15) is 34.2 Å². The Morgan fingerprint density at radius 3 is 2.96 bits per heavy atom. The molecule has 4 heterocycles. The first-order valence-electron chi connectivity index (χ1n) is 8.50. The first-order chi connectivity index (χ1) is 12.5. The molecular formula is C17H21N5O2S2. The van der Waals surface area contributed by atoms with E-state index in [0.717, 1.165) is 33.1 Å². The van der Waals surface area contributed by atoms with E-state index in [0.29, 0.717) is 11.5 Å². The van der Waals surface area contributed by atoms with Crippen molar-refractivity contribution in [1.29, 1.82) is 0 Å². The average Bonchev–Trinajstić information content (AvgIpc) is 3.29. The van der Waals surface area contributed by atoms with Crippen molar-refractivity contribution in [2.45, 2.75) is 25.0 Å². The van der Waals surface area contributed by atoms with Crippen LogP contribution in [0.4, 0.5) is 5.13 Å². The number of amides is 1. The minimum absolute atomic E-state index is 0.0501. The summed E-state index contributed by atoms with van der Waals surface area (Å²) in [6.45, 7) is 0.706. The number of thiazole rings is 1. The highest BCUT2D eigenvalue weighted by molar-refractivity contribution is 7.29. The van der Waals surface area contributed by atoms with Gasteiger partial charge in [0, 0.05) is 39.5 Å². The Morgan fingerprint density at radius 1 is 1.42 bits per heavy atom. The van der Waals surface area contributed by atoms with Crippen LogP contribution in [0.3, 0.4) is 0 Å². The molecule has 1 aliphatic rings. The van der Waals surface area contributed by atoms with Crippen LogP contribution in [0.15, 0.2) is 18.5 Å². The monoisotopic (exact) mass is 391 g/mol. The summed E-state index contributed by atoms with van der Waals surface area (Å²) in [5.41, 5.74) is 1.00. The second-order valence-corrected chi connectivity index (χ2v) is 8.67. The predicted molar refractivity (Wildman–Crippen MR) is 104 cm³/mol. The average molecular weight is 392 g/mol. The number of aryl methyl sites for hydroxylation is 1. The number of hydrogen-bond acceptors (Lipinski definition) is 7. The van der Waals surface area contributed by atoms with Crippen molar-refractivity contribution in [2.24, 2.45) is 7.05 Å². The second-order valence-electron chi connectivity index (χ2n) is 6.63. The van der Waals surface area contributed by atoms with Gasteiger partial charge in [0.2, 0.25) is 0 Å². The first kappa shape index (κ1) is 17.4. The second kappa shape index (κ2) is 6.98. The van der Waals surface area contributed by atoms with Crippen LogP contribution in [0.5, 0.6) is 0 Å². The van der Waals surface area contributed by atoms with Crippen molar-refractivity contribution < 1.29 is 9.53 Å². The number of anilines is 1. The van der Waals surface area contributed by atoms with Gasteiger partial charge in [-0.05, 0) is 18.9 Å². The van der Waals surface area contributed by atoms with E-state index in [2.05, 4.69) is 15.4 Å². The van der Waals surface area contributed by atoms with Crippen molar-refractivity contribution in [3.05, 3.63) is 28.9 Å². The molecule has 1 N–H and O–H groups in total. The summed E-state index contributed by atoms with van der Waals surface area (Å²) in [4.78, 5) is 20.9. The molecule has 2 atom stereocenters. The molecule has 0 radical (unpaired) electrons. The lowest BCUT2D eigenvalue weighted by molar-refractivity contribution is -0.00945. The van der Waals surface area contributed by atoms with E-state index >= 15 is 0 Å². The Balaban J connectivity index is 1.51. The topological polar surface area (TPSA) is 72.3 Å². The van der Waals surface area contributed by atoms with E-state index in [9.17, 15) is 4.79 Å². The van der Waals surface area contributed by atoms with Crippen LogP contribution in [-0.4, -0.2) is 47.4 Å². The van der Waals surface area contributed by atoms with Crippen molar-refractivity contribution in [2.75, 3.05) is 25.6 Å². The summed E-state index contributed by atoms with van der Waals surface area (Å²) in [6, 6.07) is 1.88. The Labute approximate surface area is 159 Å². The number of thiophene rings is 1. The lowest BCUT2D eigenvalue weighted by Gasteiger charge is -2.31. The number of nitrogens with zero attached hydrogens (tertiary/aromatic N) is 4. The maximum Gasteiger partial charge on any atom is 0.261 e. The van der Waals surface area contributed by atoms with Crippen LogP contribution in [0.2, 0.25) is 0 Å². The third kappa shape index (κ3) is 3.34. The molecule has 1 aliphatic heterocycles. The molecule has 7 nitrogen and oxygen atoms in total.